The highest BCUT2D eigenvalue weighted by atomic mass is 35.5. The number of guanidine groups is 1. The number of rotatable bonds is 11. The van der Waals surface area contributed by atoms with Gasteiger partial charge < -0.3 is 20.7 Å². The number of carbonyl (C=O) groups is 1. The van der Waals surface area contributed by atoms with Crippen LogP contribution < -0.4 is 16.0 Å². The van der Waals surface area contributed by atoms with Crippen molar-refractivity contribution in [2.75, 3.05) is 39.4 Å². The van der Waals surface area contributed by atoms with Gasteiger partial charge >= 0.3 is 0 Å². The van der Waals surface area contributed by atoms with Gasteiger partial charge in [0.15, 0.2) is 5.96 Å². The Kier molecular flexibility index (Phi) is 11.5. The molecule has 146 valence electrons. The summed E-state index contributed by atoms with van der Waals surface area (Å²) in [6, 6.07) is 7.00. The Morgan fingerprint density at radius 2 is 1.92 bits per heavy atom. The first-order valence-electron chi connectivity index (χ1n) is 9.17. The second-order valence-electron chi connectivity index (χ2n) is 6.25. The summed E-state index contributed by atoms with van der Waals surface area (Å²) in [5, 5.41) is 9.68. The first-order valence-corrected chi connectivity index (χ1v) is 9.55. The first-order chi connectivity index (χ1) is 12.5. The predicted octanol–water partition coefficient (Wildman–Crippen LogP) is 2.69. The maximum atomic E-state index is 12.1. The number of hydrogen-bond acceptors (Lipinski definition) is 3. The average molecular weight is 383 g/mol. The van der Waals surface area contributed by atoms with E-state index in [-0.39, 0.29) is 5.91 Å². The second kappa shape index (κ2) is 13.4. The van der Waals surface area contributed by atoms with E-state index in [2.05, 4.69) is 34.8 Å². The normalized spacial score (nSPS) is 11.5. The lowest BCUT2D eigenvalue weighted by molar-refractivity contribution is 0.0954. The number of aliphatic imine (C=N–C) groups is 1. The highest BCUT2D eigenvalue weighted by Crippen LogP contribution is 2.14. The number of nitrogens with one attached hydrogen (secondary N) is 3. The number of amides is 1. The smallest absolute Gasteiger partial charge is 0.252 e. The van der Waals surface area contributed by atoms with Gasteiger partial charge in [0.1, 0.15) is 0 Å². The molecule has 0 saturated heterocycles. The van der Waals surface area contributed by atoms with Crippen molar-refractivity contribution in [1.82, 2.24) is 16.0 Å². The lowest BCUT2D eigenvalue weighted by atomic mass is 10.2. The molecule has 0 aliphatic rings. The van der Waals surface area contributed by atoms with Gasteiger partial charge in [-0.3, -0.25) is 9.79 Å². The zero-order valence-electron chi connectivity index (χ0n) is 16.0. The van der Waals surface area contributed by atoms with Crippen molar-refractivity contribution in [1.29, 1.82) is 0 Å². The quantitative estimate of drug-likeness (QED) is 0.312. The largest absolute Gasteiger partial charge is 0.381 e. The topological polar surface area (TPSA) is 74.8 Å². The Balaban J connectivity index is 2.27. The maximum absolute atomic E-state index is 12.1. The number of benzene rings is 1. The molecule has 0 aliphatic carbocycles. The molecule has 7 heteroatoms. The second-order valence-corrected chi connectivity index (χ2v) is 6.65. The number of nitrogens with zero attached hydrogens (tertiary/aromatic N) is 1. The zero-order valence-corrected chi connectivity index (χ0v) is 16.7. The molecule has 0 fully saturated rings. The molecular formula is C19H31ClN4O2. The van der Waals surface area contributed by atoms with Gasteiger partial charge in [-0.15, -0.1) is 0 Å². The highest BCUT2D eigenvalue weighted by Gasteiger charge is 2.08. The van der Waals surface area contributed by atoms with Gasteiger partial charge in [-0.25, -0.2) is 0 Å². The van der Waals surface area contributed by atoms with Gasteiger partial charge in [-0.2, -0.15) is 0 Å². The average Bonchev–Trinajstić information content (AvgIpc) is 2.61. The summed E-state index contributed by atoms with van der Waals surface area (Å²) in [7, 11) is 0. The van der Waals surface area contributed by atoms with E-state index >= 15 is 0 Å². The van der Waals surface area contributed by atoms with E-state index in [1.165, 1.54) is 0 Å². The fourth-order valence-corrected chi connectivity index (χ4v) is 2.34. The van der Waals surface area contributed by atoms with Crippen molar-refractivity contribution in [3.63, 3.8) is 0 Å². The highest BCUT2D eigenvalue weighted by molar-refractivity contribution is 6.33. The molecule has 1 amide bonds. The molecule has 1 rings (SSSR count). The maximum Gasteiger partial charge on any atom is 0.252 e. The number of halogens is 1. The van der Waals surface area contributed by atoms with E-state index in [0.717, 1.165) is 32.1 Å². The van der Waals surface area contributed by atoms with Crippen LogP contribution >= 0.6 is 11.6 Å². The molecular weight excluding hydrogens is 352 g/mol. The molecule has 26 heavy (non-hydrogen) atoms. The van der Waals surface area contributed by atoms with Gasteiger partial charge in [0, 0.05) is 39.4 Å². The van der Waals surface area contributed by atoms with E-state index in [1.54, 1.807) is 24.3 Å². The van der Waals surface area contributed by atoms with Crippen molar-refractivity contribution in [3.05, 3.63) is 34.9 Å². The minimum atomic E-state index is -0.179. The van der Waals surface area contributed by atoms with Crippen LogP contribution in [0, 0.1) is 5.92 Å². The summed E-state index contributed by atoms with van der Waals surface area (Å²) in [5.41, 5.74) is 0.483. The molecule has 0 atom stereocenters. The SMILES string of the molecule is CCNC(=NCCCOCC(C)C)NCCNC(=O)c1ccccc1Cl. The van der Waals surface area contributed by atoms with Crippen LogP contribution in [0.25, 0.3) is 0 Å². The lowest BCUT2D eigenvalue weighted by Gasteiger charge is -2.12. The summed E-state index contributed by atoms with van der Waals surface area (Å²) >= 11 is 6.02. The summed E-state index contributed by atoms with van der Waals surface area (Å²) in [5.74, 6) is 1.11. The van der Waals surface area contributed by atoms with Crippen molar-refractivity contribution in [3.8, 4) is 0 Å². The Labute approximate surface area is 161 Å². The van der Waals surface area contributed by atoms with Crippen LogP contribution in [-0.2, 0) is 4.74 Å². The van der Waals surface area contributed by atoms with Crippen LogP contribution in [-0.4, -0.2) is 51.3 Å². The lowest BCUT2D eigenvalue weighted by Crippen LogP contribution is -2.41. The van der Waals surface area contributed by atoms with Crippen LogP contribution in [0.4, 0.5) is 0 Å². The fraction of sp³-hybridized carbons (Fsp3) is 0.579. The van der Waals surface area contributed by atoms with Gasteiger partial charge in [-0.1, -0.05) is 37.6 Å². The van der Waals surface area contributed by atoms with Crippen LogP contribution in [0.2, 0.25) is 5.02 Å². The fourth-order valence-electron chi connectivity index (χ4n) is 2.12. The molecule has 3 N–H and O–H groups in total. The van der Waals surface area contributed by atoms with Gasteiger partial charge in [-0.05, 0) is 31.4 Å². The molecule has 1 aromatic carbocycles. The summed E-state index contributed by atoms with van der Waals surface area (Å²) in [6.07, 6.45) is 0.881. The number of ether oxygens (including phenoxy) is 1. The van der Waals surface area contributed by atoms with Gasteiger partial charge in [0.2, 0.25) is 0 Å². The molecule has 0 heterocycles. The summed E-state index contributed by atoms with van der Waals surface area (Å²) in [6.45, 7) is 10.3. The third-order valence-electron chi connectivity index (χ3n) is 3.33. The van der Waals surface area contributed by atoms with E-state index in [0.29, 0.717) is 36.1 Å². The minimum absolute atomic E-state index is 0.179. The minimum Gasteiger partial charge on any atom is -0.381 e. The third kappa shape index (κ3) is 9.63. The van der Waals surface area contributed by atoms with Crippen LogP contribution in [0.1, 0.15) is 37.6 Å². The molecule has 0 aromatic heterocycles. The van der Waals surface area contributed by atoms with Crippen LogP contribution in [0.3, 0.4) is 0 Å². The van der Waals surface area contributed by atoms with Gasteiger partial charge in [0.05, 0.1) is 10.6 Å². The third-order valence-corrected chi connectivity index (χ3v) is 3.66. The van der Waals surface area contributed by atoms with Gasteiger partial charge in [0.25, 0.3) is 5.91 Å². The molecule has 0 bridgehead atoms. The Hall–Kier alpha value is -1.79. The zero-order chi connectivity index (χ0) is 19.2. The summed E-state index contributed by atoms with van der Waals surface area (Å²) < 4.78 is 5.55. The molecule has 6 nitrogen and oxygen atoms in total. The summed E-state index contributed by atoms with van der Waals surface area (Å²) in [4.78, 5) is 16.6. The first kappa shape index (κ1) is 22.3. The Morgan fingerprint density at radius 3 is 2.62 bits per heavy atom. The molecule has 0 saturated carbocycles. The van der Waals surface area contributed by atoms with E-state index in [1.807, 2.05) is 6.92 Å². The molecule has 0 aliphatic heterocycles. The molecule has 0 unspecified atom stereocenters. The van der Waals surface area contributed by atoms with Crippen molar-refractivity contribution in [2.45, 2.75) is 27.2 Å². The molecule has 0 spiro atoms. The monoisotopic (exact) mass is 382 g/mol. The van der Waals surface area contributed by atoms with Crippen LogP contribution in [0.5, 0.6) is 0 Å². The number of carbonyl (C=O) groups excluding carboxylic acids is 1. The van der Waals surface area contributed by atoms with E-state index in [9.17, 15) is 4.79 Å². The van der Waals surface area contributed by atoms with Crippen molar-refractivity contribution >= 4 is 23.5 Å². The van der Waals surface area contributed by atoms with E-state index < -0.39 is 0 Å². The molecule has 1 aromatic rings. The van der Waals surface area contributed by atoms with Crippen molar-refractivity contribution < 1.29 is 9.53 Å². The standard InChI is InChI=1S/C19H31ClN4O2/c1-4-21-19(23-10-7-13-26-14-15(2)3)24-12-11-22-18(25)16-8-5-6-9-17(16)20/h5-6,8-9,15H,4,7,10-14H2,1-3H3,(H,22,25)(H2,21,23,24). The Bertz CT molecular complexity index is 564. The number of hydrogen-bond donors (Lipinski definition) is 3. The van der Waals surface area contributed by atoms with Crippen molar-refractivity contribution in [2.24, 2.45) is 10.9 Å². The molecule has 0 radical (unpaired) electrons. The predicted molar refractivity (Wildman–Crippen MR) is 108 cm³/mol. The Morgan fingerprint density at radius 1 is 1.19 bits per heavy atom. The van der Waals surface area contributed by atoms with E-state index in [4.69, 9.17) is 16.3 Å². The van der Waals surface area contributed by atoms with Crippen LogP contribution in [0.15, 0.2) is 29.3 Å².